The number of carbonyl (C=O) groups is 1. The van der Waals surface area contributed by atoms with Crippen LogP contribution < -0.4 is 4.74 Å². The molecule has 0 saturated heterocycles. The van der Waals surface area contributed by atoms with Gasteiger partial charge in [0.2, 0.25) is 11.6 Å². The zero-order valence-electron chi connectivity index (χ0n) is 9.51. The topological polar surface area (TPSA) is 72.6 Å². The molecule has 1 heterocycles. The first kappa shape index (κ1) is 12.9. The Morgan fingerprint density at radius 2 is 2.22 bits per heavy atom. The van der Waals surface area contributed by atoms with Crippen molar-refractivity contribution in [3.63, 3.8) is 0 Å². The van der Waals surface area contributed by atoms with Crippen LogP contribution in [0.15, 0.2) is 28.7 Å². The maximum absolute atomic E-state index is 11.0. The normalized spacial score (nSPS) is 10.3. The molecule has 18 heavy (non-hydrogen) atoms. The molecule has 1 N–H and O–H groups in total. The number of aromatic carboxylic acids is 1. The molecule has 0 fully saturated rings. The highest BCUT2D eigenvalue weighted by Gasteiger charge is 2.22. The Balaban J connectivity index is 2.50. The molecule has 1 aromatic carbocycles. The number of halogens is 1. The number of oxazole rings is 1. The van der Waals surface area contributed by atoms with Gasteiger partial charge in [-0.3, -0.25) is 0 Å². The molecule has 0 radical (unpaired) electrons. The molecule has 94 valence electrons. The van der Waals surface area contributed by atoms with Gasteiger partial charge in [0, 0.05) is 3.57 Å². The van der Waals surface area contributed by atoms with Crippen LogP contribution in [0.2, 0.25) is 0 Å². The molecule has 0 aliphatic carbocycles. The van der Waals surface area contributed by atoms with Gasteiger partial charge in [-0.1, -0.05) is 12.1 Å². The molecular weight excluding hydrogens is 349 g/mol. The fraction of sp³-hybridized carbons (Fsp3) is 0.167. The Bertz CT molecular complexity index is 579. The second-order valence-corrected chi connectivity index (χ2v) is 4.54. The van der Waals surface area contributed by atoms with Gasteiger partial charge in [-0.15, -0.1) is 0 Å². The molecule has 0 unspecified atom stereocenters. The van der Waals surface area contributed by atoms with E-state index in [1.54, 1.807) is 6.92 Å². The zero-order chi connectivity index (χ0) is 13.1. The van der Waals surface area contributed by atoms with Gasteiger partial charge in [-0.2, -0.15) is 4.98 Å². The number of nitrogens with zero attached hydrogens (tertiary/aromatic N) is 1. The van der Waals surface area contributed by atoms with Gasteiger partial charge in [0.25, 0.3) is 0 Å². The molecule has 0 aliphatic heterocycles. The van der Waals surface area contributed by atoms with E-state index in [4.69, 9.17) is 14.3 Å². The summed E-state index contributed by atoms with van der Waals surface area (Å²) in [6.45, 7) is 2.07. The van der Waals surface area contributed by atoms with E-state index in [1.165, 1.54) is 0 Å². The number of benzene rings is 1. The number of carboxylic acid groups (broad SMARTS) is 1. The van der Waals surface area contributed by atoms with Gasteiger partial charge in [0.05, 0.1) is 12.2 Å². The van der Waals surface area contributed by atoms with Crippen LogP contribution in [0.4, 0.5) is 0 Å². The average molecular weight is 359 g/mol. The van der Waals surface area contributed by atoms with Crippen LogP contribution in [0.1, 0.15) is 17.4 Å². The average Bonchev–Trinajstić information content (AvgIpc) is 2.74. The smallest absolute Gasteiger partial charge is 0.362 e. The van der Waals surface area contributed by atoms with E-state index in [-0.39, 0.29) is 17.5 Å². The van der Waals surface area contributed by atoms with E-state index >= 15 is 0 Å². The molecule has 0 aliphatic rings. The second kappa shape index (κ2) is 5.38. The molecule has 0 bridgehead atoms. The number of rotatable bonds is 4. The summed E-state index contributed by atoms with van der Waals surface area (Å²) < 4.78 is 11.4. The minimum atomic E-state index is -1.17. The lowest BCUT2D eigenvalue weighted by molar-refractivity contribution is 0.0683. The molecule has 0 spiro atoms. The van der Waals surface area contributed by atoms with Crippen molar-refractivity contribution in [2.45, 2.75) is 6.92 Å². The third-order valence-electron chi connectivity index (χ3n) is 2.18. The van der Waals surface area contributed by atoms with E-state index in [1.807, 2.05) is 24.3 Å². The fourth-order valence-electron chi connectivity index (χ4n) is 1.42. The lowest BCUT2D eigenvalue weighted by atomic mass is 10.2. The van der Waals surface area contributed by atoms with Crippen molar-refractivity contribution in [3.05, 3.63) is 33.5 Å². The predicted molar refractivity (Wildman–Crippen MR) is 72.8 cm³/mol. The first-order valence-electron chi connectivity index (χ1n) is 5.25. The largest absolute Gasteiger partial charge is 0.476 e. The maximum atomic E-state index is 11.0. The Kier molecular flexibility index (Phi) is 3.85. The zero-order valence-corrected chi connectivity index (χ0v) is 11.7. The van der Waals surface area contributed by atoms with Crippen LogP contribution in [-0.2, 0) is 0 Å². The summed E-state index contributed by atoms with van der Waals surface area (Å²) in [5.41, 5.74) is 0.540. The van der Waals surface area contributed by atoms with Gasteiger partial charge >= 0.3 is 11.9 Å². The van der Waals surface area contributed by atoms with Crippen molar-refractivity contribution >= 4 is 28.6 Å². The highest BCUT2D eigenvalue weighted by Crippen LogP contribution is 2.30. The summed E-state index contributed by atoms with van der Waals surface area (Å²) in [6, 6.07) is 7.42. The van der Waals surface area contributed by atoms with Crippen LogP contribution in [0.5, 0.6) is 5.95 Å². The maximum Gasteiger partial charge on any atom is 0.362 e. The number of hydrogen-bond donors (Lipinski definition) is 1. The van der Waals surface area contributed by atoms with Crippen LogP contribution in [0, 0.1) is 3.57 Å². The van der Waals surface area contributed by atoms with Crippen LogP contribution >= 0.6 is 22.6 Å². The molecule has 1 aromatic heterocycles. The first-order valence-corrected chi connectivity index (χ1v) is 6.33. The third kappa shape index (κ3) is 2.47. The summed E-state index contributed by atoms with van der Waals surface area (Å²) in [5.74, 6) is -0.972. The summed E-state index contributed by atoms with van der Waals surface area (Å²) in [4.78, 5) is 15.0. The Labute approximate surface area is 117 Å². The number of carboxylic acids is 1. The SMILES string of the molecule is CCOc1oc(-c2ccccc2I)nc1C(=O)O. The highest BCUT2D eigenvalue weighted by atomic mass is 127. The van der Waals surface area contributed by atoms with Gasteiger partial charge in [-0.05, 0) is 41.6 Å². The minimum absolute atomic E-state index is 0.0559. The number of ether oxygens (including phenoxy) is 1. The van der Waals surface area contributed by atoms with Crippen molar-refractivity contribution in [2.24, 2.45) is 0 Å². The van der Waals surface area contributed by atoms with Crippen molar-refractivity contribution in [2.75, 3.05) is 6.61 Å². The molecular formula is C12H10INO4. The van der Waals surface area contributed by atoms with Crippen molar-refractivity contribution in [1.29, 1.82) is 0 Å². The number of aromatic nitrogens is 1. The van der Waals surface area contributed by atoms with Gasteiger partial charge in [0.15, 0.2) is 0 Å². The predicted octanol–water partition coefficient (Wildman–Crippen LogP) is 3.04. The van der Waals surface area contributed by atoms with Crippen molar-refractivity contribution in [3.8, 4) is 17.4 Å². The highest BCUT2D eigenvalue weighted by molar-refractivity contribution is 14.1. The second-order valence-electron chi connectivity index (χ2n) is 3.37. The first-order chi connectivity index (χ1) is 8.63. The molecule has 0 saturated carbocycles. The Morgan fingerprint density at radius 1 is 1.50 bits per heavy atom. The van der Waals surface area contributed by atoms with Crippen LogP contribution in [0.3, 0.4) is 0 Å². The summed E-state index contributed by atoms with van der Waals surface area (Å²) >= 11 is 2.14. The molecule has 0 amide bonds. The lowest BCUT2D eigenvalue weighted by Crippen LogP contribution is -2.01. The monoisotopic (exact) mass is 359 g/mol. The quantitative estimate of drug-likeness (QED) is 0.850. The van der Waals surface area contributed by atoms with Gasteiger partial charge < -0.3 is 14.3 Å². The van der Waals surface area contributed by atoms with Crippen LogP contribution in [-0.4, -0.2) is 22.7 Å². The number of hydrogen-bond acceptors (Lipinski definition) is 4. The van der Waals surface area contributed by atoms with E-state index < -0.39 is 5.97 Å². The minimum Gasteiger partial charge on any atom is -0.476 e. The summed E-state index contributed by atoms with van der Waals surface area (Å²) in [5, 5.41) is 9.02. The molecule has 0 atom stereocenters. The van der Waals surface area contributed by atoms with E-state index in [9.17, 15) is 4.79 Å². The molecule has 5 nitrogen and oxygen atoms in total. The molecule has 6 heteroatoms. The molecule has 2 rings (SSSR count). The van der Waals surface area contributed by atoms with Crippen molar-refractivity contribution < 1.29 is 19.1 Å². The van der Waals surface area contributed by atoms with Gasteiger partial charge in [0.1, 0.15) is 0 Å². The third-order valence-corrected chi connectivity index (χ3v) is 3.12. The van der Waals surface area contributed by atoms with E-state index in [2.05, 4.69) is 27.6 Å². The summed E-state index contributed by atoms with van der Waals surface area (Å²) in [7, 11) is 0. The van der Waals surface area contributed by atoms with E-state index in [0.29, 0.717) is 6.61 Å². The van der Waals surface area contributed by atoms with E-state index in [0.717, 1.165) is 9.13 Å². The van der Waals surface area contributed by atoms with Gasteiger partial charge in [-0.25, -0.2) is 4.79 Å². The lowest BCUT2D eigenvalue weighted by Gasteiger charge is -1.98. The fourth-order valence-corrected chi connectivity index (χ4v) is 2.04. The molecule has 2 aromatic rings. The Hall–Kier alpha value is -1.57. The summed E-state index contributed by atoms with van der Waals surface area (Å²) in [6.07, 6.45) is 0. The standard InChI is InChI=1S/C12H10INO4/c1-2-17-12-9(11(15)16)14-10(18-12)7-5-3-4-6-8(7)13/h3-6H,2H2,1H3,(H,15,16). The van der Waals surface area contributed by atoms with Crippen LogP contribution in [0.25, 0.3) is 11.5 Å². The Morgan fingerprint density at radius 3 is 2.83 bits per heavy atom. The van der Waals surface area contributed by atoms with Crippen molar-refractivity contribution in [1.82, 2.24) is 4.98 Å².